The molecule has 146 valence electrons. The number of aliphatic carboxylic acids is 1. The molecule has 0 unspecified atom stereocenters. The van der Waals surface area contributed by atoms with Gasteiger partial charge in [0, 0.05) is 16.1 Å². The highest BCUT2D eigenvalue weighted by Gasteiger charge is 2.13. The van der Waals surface area contributed by atoms with Crippen LogP contribution in [0.3, 0.4) is 0 Å². The van der Waals surface area contributed by atoms with E-state index in [0.29, 0.717) is 28.5 Å². The number of hydrogen-bond acceptors (Lipinski definition) is 3. The number of benzene rings is 3. The lowest BCUT2D eigenvalue weighted by Crippen LogP contribution is -2.27. The summed E-state index contributed by atoms with van der Waals surface area (Å²) >= 11 is 6.11. The van der Waals surface area contributed by atoms with E-state index < -0.39 is 11.9 Å². The van der Waals surface area contributed by atoms with Gasteiger partial charge in [0.25, 0.3) is 5.91 Å². The fourth-order valence-corrected chi connectivity index (χ4v) is 2.73. The Labute approximate surface area is 173 Å². The summed E-state index contributed by atoms with van der Waals surface area (Å²) in [7, 11) is 0. The molecule has 2 N–H and O–H groups in total. The lowest BCUT2D eigenvalue weighted by atomic mass is 10.1. The maximum Gasteiger partial charge on any atom is 0.352 e. The monoisotopic (exact) mass is 407 g/mol. The van der Waals surface area contributed by atoms with Gasteiger partial charge in [-0.15, -0.1) is 0 Å². The molecule has 5 nitrogen and oxygen atoms in total. The highest BCUT2D eigenvalue weighted by Crippen LogP contribution is 2.19. The van der Waals surface area contributed by atoms with Crippen LogP contribution in [-0.4, -0.2) is 17.0 Å². The van der Waals surface area contributed by atoms with E-state index in [1.165, 1.54) is 6.08 Å². The van der Waals surface area contributed by atoms with Gasteiger partial charge in [0.1, 0.15) is 18.1 Å². The summed E-state index contributed by atoms with van der Waals surface area (Å²) in [6, 6.07) is 22.7. The van der Waals surface area contributed by atoms with Gasteiger partial charge in [0.05, 0.1) is 0 Å². The largest absolute Gasteiger partial charge is 0.489 e. The Hall–Kier alpha value is -3.57. The Morgan fingerprint density at radius 2 is 1.59 bits per heavy atom. The second kappa shape index (κ2) is 9.57. The molecule has 29 heavy (non-hydrogen) atoms. The summed E-state index contributed by atoms with van der Waals surface area (Å²) in [5, 5.41) is 12.5. The molecule has 0 aliphatic rings. The standard InChI is InChI=1S/C23H18ClNO4/c24-20-9-5-4-8-18(20)15-29-19-12-10-16(11-13-19)14-21(23(27)28)25-22(26)17-6-2-1-3-7-17/h1-14H,15H2,(H,25,26)(H,27,28)/b21-14+. The van der Waals surface area contributed by atoms with Crippen LogP contribution >= 0.6 is 11.6 Å². The van der Waals surface area contributed by atoms with Crippen LogP contribution in [0, 0.1) is 0 Å². The van der Waals surface area contributed by atoms with Gasteiger partial charge in [0.15, 0.2) is 0 Å². The molecule has 0 radical (unpaired) electrons. The first-order chi connectivity index (χ1) is 14.0. The first kappa shape index (κ1) is 20.2. The lowest BCUT2D eigenvalue weighted by Gasteiger charge is -2.09. The fraction of sp³-hybridized carbons (Fsp3) is 0.0435. The van der Waals surface area contributed by atoms with Gasteiger partial charge >= 0.3 is 5.97 Å². The SMILES string of the molecule is O=C(O)/C(=C\c1ccc(OCc2ccccc2Cl)cc1)NC(=O)c1ccccc1. The molecule has 0 atom stereocenters. The number of ether oxygens (including phenoxy) is 1. The summed E-state index contributed by atoms with van der Waals surface area (Å²) in [4.78, 5) is 23.7. The van der Waals surface area contributed by atoms with Crippen LogP contribution in [0.1, 0.15) is 21.5 Å². The van der Waals surface area contributed by atoms with Crippen LogP contribution < -0.4 is 10.1 Å². The van der Waals surface area contributed by atoms with Crippen molar-refractivity contribution >= 4 is 29.6 Å². The van der Waals surface area contributed by atoms with Crippen LogP contribution in [-0.2, 0) is 11.4 Å². The maximum atomic E-state index is 12.2. The summed E-state index contributed by atoms with van der Waals surface area (Å²) < 4.78 is 5.71. The van der Waals surface area contributed by atoms with Crippen LogP contribution in [0.25, 0.3) is 6.08 Å². The summed E-state index contributed by atoms with van der Waals surface area (Å²) in [6.07, 6.45) is 1.39. The van der Waals surface area contributed by atoms with E-state index in [-0.39, 0.29) is 5.70 Å². The molecule has 0 fully saturated rings. The molecule has 3 aromatic rings. The van der Waals surface area contributed by atoms with Crippen LogP contribution in [0.2, 0.25) is 5.02 Å². The first-order valence-corrected chi connectivity index (χ1v) is 9.18. The molecular weight excluding hydrogens is 390 g/mol. The topological polar surface area (TPSA) is 75.6 Å². The van der Waals surface area contributed by atoms with Gasteiger partial charge in [-0.1, -0.05) is 60.1 Å². The lowest BCUT2D eigenvalue weighted by molar-refractivity contribution is -0.132. The molecule has 6 heteroatoms. The Kier molecular flexibility index (Phi) is 6.66. The van der Waals surface area contributed by atoms with Crippen molar-refractivity contribution in [3.63, 3.8) is 0 Å². The van der Waals surface area contributed by atoms with Crippen molar-refractivity contribution in [1.82, 2.24) is 5.32 Å². The van der Waals surface area contributed by atoms with Gasteiger partial charge in [-0.25, -0.2) is 4.79 Å². The fourth-order valence-electron chi connectivity index (χ4n) is 2.54. The predicted molar refractivity (Wildman–Crippen MR) is 112 cm³/mol. The van der Waals surface area contributed by atoms with E-state index in [1.54, 1.807) is 60.7 Å². The quantitative estimate of drug-likeness (QED) is 0.553. The van der Waals surface area contributed by atoms with Crippen molar-refractivity contribution in [2.24, 2.45) is 0 Å². The number of carboxylic acids is 1. The number of carboxylic acid groups (broad SMARTS) is 1. The third-order valence-electron chi connectivity index (χ3n) is 4.06. The van der Waals surface area contributed by atoms with Crippen molar-refractivity contribution in [3.8, 4) is 5.75 Å². The highest BCUT2D eigenvalue weighted by molar-refractivity contribution is 6.31. The molecule has 0 saturated heterocycles. The van der Waals surface area contributed by atoms with Crippen LogP contribution in [0.5, 0.6) is 5.75 Å². The van der Waals surface area contributed by atoms with Crippen molar-refractivity contribution < 1.29 is 19.4 Å². The normalized spacial score (nSPS) is 11.0. The van der Waals surface area contributed by atoms with Crippen molar-refractivity contribution in [2.75, 3.05) is 0 Å². The molecule has 3 rings (SSSR count). The van der Waals surface area contributed by atoms with Gasteiger partial charge in [-0.3, -0.25) is 4.79 Å². The van der Waals surface area contributed by atoms with Crippen LogP contribution in [0.15, 0.2) is 84.6 Å². The van der Waals surface area contributed by atoms with E-state index in [4.69, 9.17) is 16.3 Å². The van der Waals surface area contributed by atoms with Gasteiger partial charge in [-0.05, 0) is 42.0 Å². The average Bonchev–Trinajstić information content (AvgIpc) is 2.74. The van der Waals surface area contributed by atoms with E-state index in [0.717, 1.165) is 5.56 Å². The number of nitrogens with one attached hydrogen (secondary N) is 1. The highest BCUT2D eigenvalue weighted by atomic mass is 35.5. The third kappa shape index (κ3) is 5.70. The van der Waals surface area contributed by atoms with Crippen molar-refractivity contribution in [3.05, 3.63) is 106 Å². The van der Waals surface area contributed by atoms with E-state index >= 15 is 0 Å². The second-order valence-electron chi connectivity index (χ2n) is 6.13. The molecule has 1 amide bonds. The van der Waals surface area contributed by atoms with Crippen molar-refractivity contribution in [2.45, 2.75) is 6.61 Å². The number of rotatable bonds is 7. The number of carbonyl (C=O) groups is 2. The third-order valence-corrected chi connectivity index (χ3v) is 4.43. The molecule has 0 heterocycles. The number of halogens is 1. The zero-order valence-corrected chi connectivity index (χ0v) is 16.1. The van der Waals surface area contributed by atoms with Gasteiger partial charge in [-0.2, -0.15) is 0 Å². The molecule has 0 saturated carbocycles. The zero-order valence-electron chi connectivity index (χ0n) is 15.3. The Morgan fingerprint density at radius 1 is 0.931 bits per heavy atom. The molecule has 0 bridgehead atoms. The van der Waals surface area contributed by atoms with Gasteiger partial charge in [0.2, 0.25) is 0 Å². The second-order valence-corrected chi connectivity index (χ2v) is 6.54. The zero-order chi connectivity index (χ0) is 20.6. The minimum atomic E-state index is -1.23. The maximum absolute atomic E-state index is 12.2. The van der Waals surface area contributed by atoms with E-state index in [2.05, 4.69) is 5.32 Å². The predicted octanol–water partition coefficient (Wildman–Crippen LogP) is 4.77. The van der Waals surface area contributed by atoms with E-state index in [1.807, 2.05) is 18.2 Å². The molecule has 0 aliphatic heterocycles. The average molecular weight is 408 g/mol. The van der Waals surface area contributed by atoms with E-state index in [9.17, 15) is 14.7 Å². The summed E-state index contributed by atoms with van der Waals surface area (Å²) in [6.45, 7) is 0.322. The molecule has 0 aliphatic carbocycles. The minimum Gasteiger partial charge on any atom is -0.489 e. The van der Waals surface area contributed by atoms with Crippen molar-refractivity contribution in [1.29, 1.82) is 0 Å². The Bertz CT molecular complexity index is 1030. The Balaban J connectivity index is 1.68. The number of amides is 1. The molecule has 0 spiro atoms. The first-order valence-electron chi connectivity index (χ1n) is 8.80. The summed E-state index contributed by atoms with van der Waals surface area (Å²) in [5.74, 6) is -1.10. The van der Waals surface area contributed by atoms with Gasteiger partial charge < -0.3 is 15.2 Å². The molecule has 3 aromatic carbocycles. The number of hydrogen-bond donors (Lipinski definition) is 2. The minimum absolute atomic E-state index is 0.219. The molecular formula is C23H18ClNO4. The molecule has 0 aromatic heterocycles. The summed E-state index contributed by atoms with van der Waals surface area (Å²) in [5.41, 5.74) is 1.64. The van der Waals surface area contributed by atoms with Crippen LogP contribution in [0.4, 0.5) is 0 Å². The Morgan fingerprint density at radius 3 is 2.24 bits per heavy atom. The number of carbonyl (C=O) groups excluding carboxylic acids is 1. The smallest absolute Gasteiger partial charge is 0.352 e.